The molecule has 3 rings (SSSR count). The van der Waals surface area contributed by atoms with Crippen LogP contribution >= 0.6 is 0 Å². The monoisotopic (exact) mass is 479 g/mol. The number of carbonyl (C=O) groups is 2. The van der Waals surface area contributed by atoms with Gasteiger partial charge in [-0.1, -0.05) is 24.9 Å². The molecule has 10 nitrogen and oxygen atoms in total. The lowest BCUT2D eigenvalue weighted by molar-refractivity contribution is -0.124. The first-order valence-corrected chi connectivity index (χ1v) is 12.3. The number of sulfonamides is 1. The lowest BCUT2D eigenvalue weighted by Crippen LogP contribution is -2.33. The Morgan fingerprint density at radius 3 is 2.45 bits per heavy atom. The summed E-state index contributed by atoms with van der Waals surface area (Å²) in [7, 11) is -2.50. The quantitative estimate of drug-likeness (QED) is 0.572. The third-order valence-electron chi connectivity index (χ3n) is 5.37. The molecule has 0 spiro atoms. The maximum atomic E-state index is 13.3. The first-order valence-electron chi connectivity index (χ1n) is 10.9. The Bertz CT molecular complexity index is 1090. The molecule has 1 amide bonds. The van der Waals surface area contributed by atoms with Gasteiger partial charge in [0.25, 0.3) is 5.91 Å². The zero-order valence-electron chi connectivity index (χ0n) is 19.0. The van der Waals surface area contributed by atoms with Crippen LogP contribution in [0.5, 0.6) is 5.75 Å². The number of hydrogen-bond acceptors (Lipinski definition) is 8. The van der Waals surface area contributed by atoms with Crippen molar-refractivity contribution in [1.82, 2.24) is 9.46 Å². The summed E-state index contributed by atoms with van der Waals surface area (Å²) in [6.45, 7) is 4.20. The maximum absolute atomic E-state index is 13.3. The van der Waals surface area contributed by atoms with Crippen molar-refractivity contribution in [2.45, 2.75) is 57.0 Å². The molecule has 1 aliphatic heterocycles. The molecule has 2 aromatic rings. The minimum absolute atomic E-state index is 0.00716. The third-order valence-corrected chi connectivity index (χ3v) is 7.29. The Morgan fingerprint density at radius 1 is 1.18 bits per heavy atom. The first-order chi connectivity index (χ1) is 15.8. The molecule has 0 bridgehead atoms. The Morgan fingerprint density at radius 2 is 1.88 bits per heavy atom. The van der Waals surface area contributed by atoms with Crippen LogP contribution in [-0.2, 0) is 19.6 Å². The highest BCUT2D eigenvalue weighted by Gasteiger charge is 2.30. The highest BCUT2D eigenvalue weighted by molar-refractivity contribution is 7.89. The van der Waals surface area contributed by atoms with E-state index < -0.39 is 28.0 Å². The van der Waals surface area contributed by atoms with Gasteiger partial charge in [-0.15, -0.1) is 0 Å². The van der Waals surface area contributed by atoms with Crippen molar-refractivity contribution in [1.29, 1.82) is 0 Å². The van der Waals surface area contributed by atoms with E-state index in [2.05, 4.69) is 10.5 Å². The summed E-state index contributed by atoms with van der Waals surface area (Å²) < 4.78 is 43.6. The molecule has 0 saturated carbocycles. The Balaban J connectivity index is 1.80. The van der Waals surface area contributed by atoms with Crippen LogP contribution in [0.3, 0.4) is 0 Å². The lowest BCUT2D eigenvalue weighted by atomic mass is 10.2. The zero-order chi connectivity index (χ0) is 24.0. The number of benzene rings is 1. The van der Waals surface area contributed by atoms with Crippen LogP contribution in [0.2, 0.25) is 0 Å². The molecular formula is C22H29N3O7S. The maximum Gasteiger partial charge on any atom is 0.338 e. The number of carbonyl (C=O) groups excluding carboxylic acids is 2. The predicted octanol–water partition coefficient (Wildman–Crippen LogP) is 3.13. The number of aryl methyl sites for hydroxylation is 1. The van der Waals surface area contributed by atoms with Crippen LogP contribution in [0.4, 0.5) is 5.82 Å². The van der Waals surface area contributed by atoms with E-state index in [4.69, 9.17) is 14.0 Å². The molecule has 1 aromatic heterocycles. The standard InChI is InChI=1S/C22H29N3O7S/c1-4-17(21(26)23-20-13-15(2)32-24-20)31-22(27)16-9-10-18(30-3)19(14-16)33(28,29)25-11-7-5-6-8-12-25/h9-10,13-14,17H,4-8,11-12H2,1-3H3,(H,23,24,26)/t17-/m1/s1. The van der Waals surface area contributed by atoms with E-state index in [9.17, 15) is 18.0 Å². The van der Waals surface area contributed by atoms with Crippen LogP contribution in [-0.4, -0.2) is 56.1 Å². The van der Waals surface area contributed by atoms with Gasteiger partial charge in [-0.2, -0.15) is 4.31 Å². The van der Waals surface area contributed by atoms with Gasteiger partial charge in [0.15, 0.2) is 11.9 Å². The number of hydrogen-bond donors (Lipinski definition) is 1. The summed E-state index contributed by atoms with van der Waals surface area (Å²) in [6, 6.07) is 5.61. The molecule has 11 heteroatoms. The van der Waals surface area contributed by atoms with Gasteiger partial charge >= 0.3 is 5.97 Å². The number of amides is 1. The van der Waals surface area contributed by atoms with Crippen molar-refractivity contribution < 1.29 is 32.0 Å². The first kappa shape index (κ1) is 24.7. The topological polar surface area (TPSA) is 128 Å². The Hall–Kier alpha value is -2.92. The number of methoxy groups -OCH3 is 1. The second kappa shape index (κ2) is 10.8. The molecule has 1 aliphatic rings. The van der Waals surface area contributed by atoms with E-state index in [1.165, 1.54) is 35.7 Å². The normalized spacial score (nSPS) is 16.0. The van der Waals surface area contributed by atoms with Gasteiger partial charge in [0.1, 0.15) is 16.4 Å². The minimum Gasteiger partial charge on any atom is -0.495 e. The van der Waals surface area contributed by atoms with Gasteiger partial charge in [-0.05, 0) is 44.4 Å². The summed E-state index contributed by atoms with van der Waals surface area (Å²) in [5, 5.41) is 6.22. The molecule has 1 atom stereocenters. The number of nitrogens with one attached hydrogen (secondary N) is 1. The van der Waals surface area contributed by atoms with Crippen molar-refractivity contribution in [2.75, 3.05) is 25.5 Å². The molecular weight excluding hydrogens is 450 g/mol. The number of ether oxygens (including phenoxy) is 2. The highest BCUT2D eigenvalue weighted by Crippen LogP contribution is 2.30. The fourth-order valence-corrected chi connectivity index (χ4v) is 5.28. The fraction of sp³-hybridized carbons (Fsp3) is 0.500. The molecule has 1 aromatic carbocycles. The molecule has 2 heterocycles. The molecule has 0 radical (unpaired) electrons. The van der Waals surface area contributed by atoms with Gasteiger partial charge in [0, 0.05) is 19.2 Å². The van der Waals surface area contributed by atoms with Crippen LogP contribution < -0.4 is 10.1 Å². The van der Waals surface area contributed by atoms with E-state index in [1.807, 2.05) is 0 Å². The molecule has 180 valence electrons. The Kier molecular flexibility index (Phi) is 8.09. The lowest BCUT2D eigenvalue weighted by Gasteiger charge is -2.22. The van der Waals surface area contributed by atoms with Crippen molar-refractivity contribution in [3.8, 4) is 5.75 Å². The predicted molar refractivity (Wildman–Crippen MR) is 120 cm³/mol. The second-order valence-corrected chi connectivity index (χ2v) is 9.70. The fourth-order valence-electron chi connectivity index (χ4n) is 3.58. The number of rotatable bonds is 8. The van der Waals surface area contributed by atoms with Crippen molar-refractivity contribution in [2.24, 2.45) is 0 Å². The number of nitrogens with zero attached hydrogens (tertiary/aromatic N) is 2. The smallest absolute Gasteiger partial charge is 0.338 e. The molecule has 0 aliphatic carbocycles. The van der Waals surface area contributed by atoms with E-state index in [0.717, 1.165) is 25.7 Å². The Labute approximate surface area is 193 Å². The van der Waals surface area contributed by atoms with Gasteiger partial charge in [0.2, 0.25) is 10.0 Å². The minimum atomic E-state index is -3.87. The van der Waals surface area contributed by atoms with Gasteiger partial charge in [-0.3, -0.25) is 4.79 Å². The van der Waals surface area contributed by atoms with Crippen LogP contribution in [0, 0.1) is 6.92 Å². The molecule has 0 unspecified atom stereocenters. The van der Waals surface area contributed by atoms with Gasteiger partial charge < -0.3 is 19.3 Å². The molecule has 1 fully saturated rings. The molecule has 1 N–H and O–H groups in total. The summed E-state index contributed by atoms with van der Waals surface area (Å²) in [4.78, 5) is 25.2. The number of aromatic nitrogens is 1. The van der Waals surface area contributed by atoms with Gasteiger partial charge in [-0.25, -0.2) is 13.2 Å². The summed E-state index contributed by atoms with van der Waals surface area (Å²) in [5.41, 5.74) is 0.00716. The third kappa shape index (κ3) is 5.91. The van der Waals surface area contributed by atoms with Crippen molar-refractivity contribution in [3.63, 3.8) is 0 Å². The van der Waals surface area contributed by atoms with Gasteiger partial charge in [0.05, 0.1) is 12.7 Å². The summed E-state index contributed by atoms with van der Waals surface area (Å²) in [6.07, 6.45) is 2.63. The van der Waals surface area contributed by atoms with E-state index in [1.54, 1.807) is 13.8 Å². The molecule has 1 saturated heterocycles. The van der Waals surface area contributed by atoms with Crippen molar-refractivity contribution in [3.05, 3.63) is 35.6 Å². The van der Waals surface area contributed by atoms with E-state index in [-0.39, 0.29) is 28.4 Å². The van der Waals surface area contributed by atoms with E-state index in [0.29, 0.717) is 18.8 Å². The highest BCUT2D eigenvalue weighted by atomic mass is 32.2. The number of esters is 1. The second-order valence-electron chi connectivity index (χ2n) is 7.80. The van der Waals surface area contributed by atoms with Crippen LogP contribution in [0.15, 0.2) is 33.7 Å². The zero-order valence-corrected chi connectivity index (χ0v) is 19.8. The largest absolute Gasteiger partial charge is 0.495 e. The summed E-state index contributed by atoms with van der Waals surface area (Å²) in [5.74, 6) is -0.510. The summed E-state index contributed by atoms with van der Waals surface area (Å²) >= 11 is 0. The SMILES string of the molecule is CC[C@@H](OC(=O)c1ccc(OC)c(S(=O)(=O)N2CCCCCC2)c1)C(=O)Nc1cc(C)on1. The molecule has 33 heavy (non-hydrogen) atoms. The van der Waals surface area contributed by atoms with Crippen LogP contribution in [0.25, 0.3) is 0 Å². The van der Waals surface area contributed by atoms with Crippen LogP contribution in [0.1, 0.15) is 55.1 Å². The average Bonchev–Trinajstić information content (AvgIpc) is 3.03. The average molecular weight is 480 g/mol. The van der Waals surface area contributed by atoms with Crippen molar-refractivity contribution >= 4 is 27.7 Å². The van der Waals surface area contributed by atoms with E-state index >= 15 is 0 Å². The number of anilines is 1.